The summed E-state index contributed by atoms with van der Waals surface area (Å²) in [5.74, 6) is -0.180. The van der Waals surface area contributed by atoms with E-state index in [0.29, 0.717) is 6.42 Å². The fourth-order valence-corrected chi connectivity index (χ4v) is 10.6. The number of carbonyl (C=O) groups is 1. The Hall–Kier alpha value is -1.33. The van der Waals surface area contributed by atoms with Gasteiger partial charge in [-0.2, -0.15) is 0 Å². The van der Waals surface area contributed by atoms with E-state index in [-0.39, 0.29) is 12.5 Å². The lowest BCUT2D eigenvalue weighted by molar-refractivity contribution is -0.302. The number of unbranched alkanes of at least 4 members (excludes halogenated alkanes) is 45. The molecule has 9 heteroatoms. The highest BCUT2D eigenvalue weighted by molar-refractivity contribution is 5.76. The van der Waals surface area contributed by atoms with Gasteiger partial charge in [-0.15, -0.1) is 0 Å². The maximum absolute atomic E-state index is 13.1. The van der Waals surface area contributed by atoms with E-state index in [4.69, 9.17) is 9.47 Å². The molecule has 1 aliphatic heterocycles. The molecule has 1 saturated heterocycles. The van der Waals surface area contributed by atoms with Crippen molar-refractivity contribution in [3.05, 3.63) is 24.3 Å². The smallest absolute Gasteiger partial charge is 0.220 e. The van der Waals surface area contributed by atoms with Crippen molar-refractivity contribution in [3.63, 3.8) is 0 Å². The average molecular weight is 1050 g/mol. The molecular weight excluding hydrogens is 923 g/mol. The summed E-state index contributed by atoms with van der Waals surface area (Å²) in [7, 11) is 0. The predicted molar refractivity (Wildman–Crippen MR) is 314 cm³/mol. The van der Waals surface area contributed by atoms with Crippen molar-refractivity contribution in [3.8, 4) is 0 Å². The van der Waals surface area contributed by atoms with Crippen LogP contribution in [0.3, 0.4) is 0 Å². The van der Waals surface area contributed by atoms with Crippen LogP contribution >= 0.6 is 0 Å². The molecule has 1 aliphatic rings. The van der Waals surface area contributed by atoms with Gasteiger partial charge in [0, 0.05) is 6.42 Å². The second-order valence-electron chi connectivity index (χ2n) is 22.9. The van der Waals surface area contributed by atoms with Crippen LogP contribution in [0.5, 0.6) is 0 Å². The van der Waals surface area contributed by atoms with Crippen LogP contribution in [0, 0.1) is 0 Å². The van der Waals surface area contributed by atoms with E-state index >= 15 is 0 Å². The summed E-state index contributed by atoms with van der Waals surface area (Å²) in [4.78, 5) is 13.1. The number of amides is 1. The number of ether oxygens (including phenoxy) is 2. The average Bonchev–Trinajstić information content (AvgIpc) is 3.40. The molecule has 7 atom stereocenters. The third-order valence-electron chi connectivity index (χ3n) is 15.8. The molecule has 9 nitrogen and oxygen atoms in total. The van der Waals surface area contributed by atoms with Crippen LogP contribution < -0.4 is 5.32 Å². The van der Waals surface area contributed by atoms with E-state index in [0.717, 1.165) is 38.5 Å². The summed E-state index contributed by atoms with van der Waals surface area (Å²) in [6.07, 6.45) is 64.2. The van der Waals surface area contributed by atoms with Gasteiger partial charge in [-0.1, -0.05) is 314 Å². The van der Waals surface area contributed by atoms with Gasteiger partial charge in [0.05, 0.1) is 25.4 Å². The Kier molecular flexibility index (Phi) is 52.5. The fourth-order valence-electron chi connectivity index (χ4n) is 10.6. The monoisotopic (exact) mass is 1050 g/mol. The summed E-state index contributed by atoms with van der Waals surface area (Å²) < 4.78 is 11.3. The molecule has 0 aliphatic carbocycles. The molecule has 1 rings (SSSR count). The zero-order chi connectivity index (χ0) is 53.6. The normalized spacial score (nSPS) is 19.0. The molecular formula is C65H125NO8. The first-order chi connectivity index (χ1) is 36.3. The van der Waals surface area contributed by atoms with Crippen LogP contribution in [0.2, 0.25) is 0 Å². The van der Waals surface area contributed by atoms with Crippen molar-refractivity contribution >= 4 is 5.91 Å². The minimum Gasteiger partial charge on any atom is -0.394 e. The van der Waals surface area contributed by atoms with E-state index in [1.54, 1.807) is 6.08 Å². The number of nitrogens with one attached hydrogen (secondary N) is 1. The Labute approximate surface area is 458 Å². The Morgan fingerprint density at radius 2 is 0.770 bits per heavy atom. The van der Waals surface area contributed by atoms with Gasteiger partial charge in [0.25, 0.3) is 0 Å². The van der Waals surface area contributed by atoms with Gasteiger partial charge in [-0.25, -0.2) is 0 Å². The van der Waals surface area contributed by atoms with Crippen molar-refractivity contribution in [1.29, 1.82) is 0 Å². The summed E-state index contributed by atoms with van der Waals surface area (Å²) >= 11 is 0. The largest absolute Gasteiger partial charge is 0.394 e. The minimum atomic E-state index is -1.57. The number of aliphatic hydroxyl groups excluding tert-OH is 5. The topological polar surface area (TPSA) is 149 Å². The molecule has 1 fully saturated rings. The number of aliphatic hydroxyl groups is 5. The second kappa shape index (κ2) is 55.0. The molecule has 6 N–H and O–H groups in total. The van der Waals surface area contributed by atoms with Crippen LogP contribution in [-0.4, -0.2) is 87.5 Å². The first-order valence-electron chi connectivity index (χ1n) is 32.6. The van der Waals surface area contributed by atoms with Crippen molar-refractivity contribution in [2.45, 2.75) is 371 Å². The minimum absolute atomic E-state index is 0.180. The highest BCUT2D eigenvalue weighted by Gasteiger charge is 2.44. The zero-order valence-corrected chi connectivity index (χ0v) is 48.9. The highest BCUT2D eigenvalue weighted by Crippen LogP contribution is 2.23. The molecule has 0 bridgehead atoms. The zero-order valence-electron chi connectivity index (χ0n) is 48.9. The van der Waals surface area contributed by atoms with Gasteiger partial charge in [0.1, 0.15) is 24.4 Å². The lowest BCUT2D eigenvalue weighted by atomic mass is 9.99. The Morgan fingerprint density at radius 1 is 0.446 bits per heavy atom. The summed E-state index contributed by atoms with van der Waals surface area (Å²) in [6, 6.07) is -0.819. The number of hydrogen-bond donors (Lipinski definition) is 6. The summed E-state index contributed by atoms with van der Waals surface area (Å²) in [6.45, 7) is 3.82. The molecule has 438 valence electrons. The Balaban J connectivity index is 2.16. The Bertz CT molecular complexity index is 1210. The number of carbonyl (C=O) groups excluding carboxylic acids is 1. The van der Waals surface area contributed by atoms with Crippen LogP contribution in [-0.2, 0) is 14.3 Å². The third kappa shape index (κ3) is 43.6. The maximum Gasteiger partial charge on any atom is 0.220 e. The predicted octanol–water partition coefficient (Wildman–Crippen LogP) is 16.9. The maximum atomic E-state index is 13.1. The van der Waals surface area contributed by atoms with Crippen molar-refractivity contribution in [2.75, 3.05) is 13.2 Å². The number of rotatable bonds is 57. The van der Waals surface area contributed by atoms with E-state index in [1.807, 2.05) is 6.08 Å². The molecule has 7 unspecified atom stereocenters. The van der Waals surface area contributed by atoms with Gasteiger partial charge in [0.2, 0.25) is 5.91 Å². The van der Waals surface area contributed by atoms with Gasteiger partial charge in [-0.05, 0) is 32.1 Å². The van der Waals surface area contributed by atoms with Crippen molar-refractivity contribution < 1.29 is 39.8 Å². The van der Waals surface area contributed by atoms with Gasteiger partial charge in [-0.3, -0.25) is 4.79 Å². The number of hydrogen-bond acceptors (Lipinski definition) is 8. The van der Waals surface area contributed by atoms with Crippen LogP contribution in [0.1, 0.15) is 328 Å². The van der Waals surface area contributed by atoms with E-state index in [1.165, 1.54) is 270 Å². The van der Waals surface area contributed by atoms with Crippen LogP contribution in [0.15, 0.2) is 24.3 Å². The fraction of sp³-hybridized carbons (Fsp3) is 0.923. The molecule has 0 spiro atoms. The van der Waals surface area contributed by atoms with Crippen molar-refractivity contribution in [1.82, 2.24) is 5.32 Å². The molecule has 0 radical (unpaired) electrons. The standard InChI is InChI=1S/C65H125NO8/c1-3-5-7-9-11-13-15-17-19-21-23-25-26-27-28-29-30-31-32-33-34-35-36-38-40-42-44-46-48-50-52-54-59(68)58(57-73-65-64(72)63(71)62(70)60(56-67)74-65)66-61(69)55-53-51-49-47-45-43-41-39-37-24-22-20-18-16-14-12-10-8-6-4-2/h44,46,52,54,58-60,62-65,67-68,70-72H,3-43,45,47-51,53,55-57H2,1-2H3,(H,66,69)/b46-44+,54-52+. The lowest BCUT2D eigenvalue weighted by Crippen LogP contribution is -2.60. The molecule has 0 saturated carbocycles. The van der Waals surface area contributed by atoms with E-state index in [2.05, 4.69) is 31.3 Å². The Morgan fingerprint density at radius 3 is 1.14 bits per heavy atom. The molecule has 0 aromatic heterocycles. The van der Waals surface area contributed by atoms with Gasteiger partial charge < -0.3 is 40.3 Å². The van der Waals surface area contributed by atoms with Gasteiger partial charge >= 0.3 is 0 Å². The SMILES string of the molecule is CCCCCCCCCCCCCCCCCCCCCCCCCCC/C=C/CC/C=C/C(O)C(COC1OC(CO)C(O)C(O)C1O)NC(=O)CCCCCCCCCCCCCCCCCCCCCC. The third-order valence-corrected chi connectivity index (χ3v) is 15.8. The van der Waals surface area contributed by atoms with Crippen LogP contribution in [0.25, 0.3) is 0 Å². The van der Waals surface area contributed by atoms with E-state index in [9.17, 15) is 30.3 Å². The highest BCUT2D eigenvalue weighted by atomic mass is 16.7. The van der Waals surface area contributed by atoms with Crippen molar-refractivity contribution in [2.24, 2.45) is 0 Å². The van der Waals surface area contributed by atoms with E-state index < -0.39 is 49.5 Å². The molecule has 74 heavy (non-hydrogen) atoms. The first kappa shape index (κ1) is 70.7. The molecule has 0 aromatic rings. The second-order valence-corrected chi connectivity index (χ2v) is 22.9. The van der Waals surface area contributed by atoms with Gasteiger partial charge in [0.15, 0.2) is 6.29 Å². The van der Waals surface area contributed by atoms with Crippen LogP contribution in [0.4, 0.5) is 0 Å². The molecule has 1 heterocycles. The molecule has 0 aromatic carbocycles. The number of allylic oxidation sites excluding steroid dienone is 3. The molecule has 1 amide bonds. The lowest BCUT2D eigenvalue weighted by Gasteiger charge is -2.40. The summed E-state index contributed by atoms with van der Waals surface area (Å²) in [5, 5.41) is 54.6. The summed E-state index contributed by atoms with van der Waals surface area (Å²) in [5.41, 5.74) is 0. The first-order valence-corrected chi connectivity index (χ1v) is 32.6. The quantitative estimate of drug-likeness (QED) is 0.0261.